The Morgan fingerprint density at radius 2 is 2.04 bits per heavy atom. The molecule has 0 aliphatic carbocycles. The maximum Gasteiger partial charge on any atom is 0.191 e. The monoisotopic (exact) mass is 331 g/mol. The number of benzene rings is 1. The van der Waals surface area contributed by atoms with Crippen LogP contribution in [0.3, 0.4) is 0 Å². The van der Waals surface area contributed by atoms with Crippen molar-refractivity contribution in [1.82, 2.24) is 10.6 Å². The number of hydrogen-bond donors (Lipinski definition) is 2. The molecular formula is C18H25N3O3. The highest BCUT2D eigenvalue weighted by atomic mass is 16.5. The average Bonchev–Trinajstić information content (AvgIpc) is 3.13. The lowest BCUT2D eigenvalue weighted by atomic mass is 10.3. The van der Waals surface area contributed by atoms with Crippen LogP contribution in [-0.2, 0) is 6.54 Å². The Balaban J connectivity index is 1.69. The van der Waals surface area contributed by atoms with Crippen molar-refractivity contribution in [1.29, 1.82) is 0 Å². The molecule has 0 aliphatic rings. The summed E-state index contributed by atoms with van der Waals surface area (Å²) in [5, 5.41) is 6.49. The Hall–Kier alpha value is -2.63. The first kappa shape index (κ1) is 17.7. The third-order valence-electron chi connectivity index (χ3n) is 3.24. The quantitative estimate of drug-likeness (QED) is 0.420. The predicted molar refractivity (Wildman–Crippen MR) is 94.6 cm³/mol. The molecule has 0 bridgehead atoms. The van der Waals surface area contributed by atoms with Crippen molar-refractivity contribution in [3.63, 3.8) is 0 Å². The molecule has 0 spiro atoms. The molecule has 2 N–H and O–H groups in total. The lowest BCUT2D eigenvalue weighted by molar-refractivity contribution is 0.308. The van der Waals surface area contributed by atoms with Gasteiger partial charge in [0.15, 0.2) is 5.96 Å². The largest absolute Gasteiger partial charge is 0.497 e. The normalized spacial score (nSPS) is 11.2. The van der Waals surface area contributed by atoms with E-state index >= 15 is 0 Å². The van der Waals surface area contributed by atoms with Crippen LogP contribution in [0, 0.1) is 0 Å². The van der Waals surface area contributed by atoms with Crippen molar-refractivity contribution in [3.8, 4) is 11.5 Å². The third-order valence-corrected chi connectivity index (χ3v) is 3.24. The highest BCUT2D eigenvalue weighted by Gasteiger charge is 2.00. The zero-order valence-corrected chi connectivity index (χ0v) is 14.2. The number of ether oxygens (including phenoxy) is 2. The summed E-state index contributed by atoms with van der Waals surface area (Å²) in [6.45, 7) is 4.76. The summed E-state index contributed by atoms with van der Waals surface area (Å²) in [4.78, 5) is 4.48. The van der Waals surface area contributed by atoms with Gasteiger partial charge in [-0.05, 0) is 37.6 Å². The first-order valence-corrected chi connectivity index (χ1v) is 8.13. The lowest BCUT2D eigenvalue weighted by Crippen LogP contribution is -2.38. The van der Waals surface area contributed by atoms with Gasteiger partial charge in [0.25, 0.3) is 0 Å². The molecule has 24 heavy (non-hydrogen) atoms. The fourth-order valence-corrected chi connectivity index (χ4v) is 2.06. The molecule has 1 aromatic carbocycles. The highest BCUT2D eigenvalue weighted by Crippen LogP contribution is 2.18. The highest BCUT2D eigenvalue weighted by molar-refractivity contribution is 5.79. The van der Waals surface area contributed by atoms with E-state index in [1.54, 1.807) is 13.4 Å². The molecular weight excluding hydrogens is 306 g/mol. The Morgan fingerprint density at radius 1 is 1.17 bits per heavy atom. The number of guanidine groups is 1. The van der Waals surface area contributed by atoms with Gasteiger partial charge in [-0.1, -0.05) is 6.07 Å². The van der Waals surface area contributed by atoms with Crippen LogP contribution in [-0.4, -0.2) is 32.8 Å². The second-order valence-corrected chi connectivity index (χ2v) is 5.08. The van der Waals surface area contributed by atoms with E-state index in [4.69, 9.17) is 13.9 Å². The van der Waals surface area contributed by atoms with Gasteiger partial charge in [-0.2, -0.15) is 0 Å². The van der Waals surface area contributed by atoms with Crippen LogP contribution in [0.1, 0.15) is 19.1 Å². The molecule has 0 radical (unpaired) electrons. The molecule has 0 aliphatic heterocycles. The van der Waals surface area contributed by atoms with E-state index in [9.17, 15) is 0 Å². The van der Waals surface area contributed by atoms with Crippen molar-refractivity contribution in [2.24, 2.45) is 4.99 Å². The standard InChI is InChI=1S/C18H25N3O3/c1-3-19-18(21-14-17-9-5-11-24-17)20-10-6-12-23-16-8-4-7-15(13-16)22-2/h4-5,7-9,11,13H,3,6,10,12,14H2,1-2H3,(H2,19,20,21). The summed E-state index contributed by atoms with van der Waals surface area (Å²) < 4.78 is 16.2. The number of nitrogens with one attached hydrogen (secondary N) is 2. The molecule has 2 aromatic rings. The number of rotatable bonds is 9. The molecule has 0 saturated carbocycles. The van der Waals surface area contributed by atoms with Gasteiger partial charge in [-0.25, -0.2) is 4.99 Å². The zero-order chi connectivity index (χ0) is 17.0. The van der Waals surface area contributed by atoms with Crippen LogP contribution >= 0.6 is 0 Å². The Kier molecular flexibility index (Phi) is 7.53. The second kappa shape index (κ2) is 10.2. The summed E-state index contributed by atoms with van der Waals surface area (Å²) in [6, 6.07) is 11.4. The van der Waals surface area contributed by atoms with Crippen LogP contribution in [0.2, 0.25) is 0 Å². The van der Waals surface area contributed by atoms with Crippen LogP contribution < -0.4 is 20.1 Å². The smallest absolute Gasteiger partial charge is 0.191 e. The minimum Gasteiger partial charge on any atom is -0.497 e. The van der Waals surface area contributed by atoms with Gasteiger partial charge in [-0.3, -0.25) is 0 Å². The molecule has 2 rings (SSSR count). The number of furan rings is 1. The summed E-state index contributed by atoms with van der Waals surface area (Å²) in [6.07, 6.45) is 2.52. The van der Waals surface area contributed by atoms with E-state index in [0.29, 0.717) is 13.2 Å². The fourth-order valence-electron chi connectivity index (χ4n) is 2.06. The van der Waals surface area contributed by atoms with Crippen LogP contribution in [0.25, 0.3) is 0 Å². The number of hydrogen-bond acceptors (Lipinski definition) is 4. The maximum absolute atomic E-state index is 5.71. The van der Waals surface area contributed by atoms with Gasteiger partial charge in [-0.15, -0.1) is 0 Å². The van der Waals surface area contributed by atoms with Gasteiger partial charge < -0.3 is 24.5 Å². The van der Waals surface area contributed by atoms with Gasteiger partial charge >= 0.3 is 0 Å². The molecule has 1 aromatic heterocycles. The Labute approximate surface area is 142 Å². The summed E-state index contributed by atoms with van der Waals surface area (Å²) in [5.41, 5.74) is 0. The summed E-state index contributed by atoms with van der Waals surface area (Å²) in [7, 11) is 1.65. The van der Waals surface area contributed by atoms with Gasteiger partial charge in [0.1, 0.15) is 23.8 Å². The van der Waals surface area contributed by atoms with Crippen molar-refractivity contribution in [2.45, 2.75) is 19.9 Å². The Morgan fingerprint density at radius 3 is 2.79 bits per heavy atom. The van der Waals surface area contributed by atoms with Crippen molar-refractivity contribution in [3.05, 3.63) is 48.4 Å². The molecule has 0 unspecified atom stereocenters. The molecule has 0 fully saturated rings. The van der Waals surface area contributed by atoms with Crippen molar-refractivity contribution < 1.29 is 13.9 Å². The summed E-state index contributed by atoms with van der Waals surface area (Å²) >= 11 is 0. The molecule has 1 heterocycles. The van der Waals surface area contributed by atoms with Gasteiger partial charge in [0, 0.05) is 19.2 Å². The molecule has 0 amide bonds. The molecule has 0 atom stereocenters. The maximum atomic E-state index is 5.71. The fraction of sp³-hybridized carbons (Fsp3) is 0.389. The minimum absolute atomic E-state index is 0.517. The van der Waals surface area contributed by atoms with E-state index in [2.05, 4.69) is 15.6 Å². The Bertz CT molecular complexity index is 612. The zero-order valence-electron chi connectivity index (χ0n) is 14.2. The second-order valence-electron chi connectivity index (χ2n) is 5.08. The minimum atomic E-state index is 0.517. The van der Waals surface area contributed by atoms with Crippen LogP contribution in [0.4, 0.5) is 0 Å². The molecule has 0 saturated heterocycles. The first-order chi connectivity index (χ1) is 11.8. The average molecular weight is 331 g/mol. The topological polar surface area (TPSA) is 68.0 Å². The predicted octanol–water partition coefficient (Wildman–Crippen LogP) is 2.81. The third kappa shape index (κ3) is 6.24. The number of methoxy groups -OCH3 is 1. The van der Waals surface area contributed by atoms with E-state index in [0.717, 1.165) is 42.7 Å². The molecule has 6 heteroatoms. The van der Waals surface area contributed by atoms with E-state index in [1.807, 2.05) is 43.3 Å². The summed E-state index contributed by atoms with van der Waals surface area (Å²) in [5.74, 6) is 3.22. The lowest BCUT2D eigenvalue weighted by Gasteiger charge is -2.11. The van der Waals surface area contributed by atoms with Gasteiger partial charge in [0.05, 0.1) is 20.0 Å². The SMILES string of the molecule is CCNC(=NCc1ccco1)NCCCOc1cccc(OC)c1. The van der Waals surface area contributed by atoms with Crippen LogP contribution in [0.5, 0.6) is 11.5 Å². The van der Waals surface area contributed by atoms with Crippen molar-refractivity contribution >= 4 is 5.96 Å². The van der Waals surface area contributed by atoms with Crippen molar-refractivity contribution in [2.75, 3.05) is 26.8 Å². The number of nitrogens with zero attached hydrogens (tertiary/aromatic N) is 1. The first-order valence-electron chi connectivity index (χ1n) is 8.13. The molecule has 130 valence electrons. The van der Waals surface area contributed by atoms with E-state index in [1.165, 1.54) is 0 Å². The van der Waals surface area contributed by atoms with E-state index in [-0.39, 0.29) is 0 Å². The molecule has 6 nitrogen and oxygen atoms in total. The van der Waals surface area contributed by atoms with Crippen LogP contribution in [0.15, 0.2) is 52.1 Å². The number of aliphatic imine (C=N–C) groups is 1. The van der Waals surface area contributed by atoms with Gasteiger partial charge in [0.2, 0.25) is 0 Å². The van der Waals surface area contributed by atoms with E-state index < -0.39 is 0 Å².